The van der Waals surface area contributed by atoms with Gasteiger partial charge in [-0.3, -0.25) is 0 Å². The third-order valence-corrected chi connectivity index (χ3v) is 3.56. The van der Waals surface area contributed by atoms with Crippen LogP contribution >= 0.6 is 24.0 Å². The van der Waals surface area contributed by atoms with Gasteiger partial charge in [0.2, 0.25) is 0 Å². The number of nitrogens with zero attached hydrogens (tertiary/aromatic N) is 1. The standard InChI is InChI=1S/C19H25N3O2.HI/c1-4-20-19(21-12-15-6-5-7-17(23)11-15)22-13-16-9-8-14(2)10-18(16)24-3;/h5-11,23H,4,12-13H2,1-3H3,(H2,20,21,22);1H. The smallest absolute Gasteiger partial charge is 0.191 e. The van der Waals surface area contributed by atoms with Gasteiger partial charge in [-0.2, -0.15) is 0 Å². The summed E-state index contributed by atoms with van der Waals surface area (Å²) in [6.07, 6.45) is 0. The summed E-state index contributed by atoms with van der Waals surface area (Å²) in [7, 11) is 1.68. The van der Waals surface area contributed by atoms with Gasteiger partial charge >= 0.3 is 0 Å². The SMILES string of the molecule is CCNC(=NCc1cccc(O)c1)NCc1ccc(C)cc1OC.I. The Morgan fingerprint density at radius 3 is 2.64 bits per heavy atom. The first-order valence-electron chi connectivity index (χ1n) is 8.06. The molecule has 5 nitrogen and oxygen atoms in total. The number of ether oxygens (including phenoxy) is 1. The van der Waals surface area contributed by atoms with Crippen LogP contribution in [0, 0.1) is 6.92 Å². The monoisotopic (exact) mass is 455 g/mol. The van der Waals surface area contributed by atoms with Crippen molar-refractivity contribution >= 4 is 29.9 Å². The molecule has 0 aliphatic carbocycles. The highest BCUT2D eigenvalue weighted by molar-refractivity contribution is 14.0. The van der Waals surface area contributed by atoms with Crippen molar-refractivity contribution < 1.29 is 9.84 Å². The third kappa shape index (κ3) is 6.81. The average molecular weight is 455 g/mol. The lowest BCUT2D eigenvalue weighted by Crippen LogP contribution is -2.36. The van der Waals surface area contributed by atoms with Crippen molar-refractivity contribution in [3.63, 3.8) is 0 Å². The maximum atomic E-state index is 9.52. The molecule has 0 aliphatic heterocycles. The molecule has 0 bridgehead atoms. The van der Waals surface area contributed by atoms with Crippen molar-refractivity contribution in [2.75, 3.05) is 13.7 Å². The van der Waals surface area contributed by atoms with Gasteiger partial charge in [-0.15, -0.1) is 24.0 Å². The molecule has 136 valence electrons. The fourth-order valence-electron chi connectivity index (χ4n) is 2.34. The van der Waals surface area contributed by atoms with E-state index in [1.54, 1.807) is 19.2 Å². The van der Waals surface area contributed by atoms with Gasteiger partial charge in [-0.25, -0.2) is 4.99 Å². The van der Waals surface area contributed by atoms with Gasteiger partial charge in [0.05, 0.1) is 13.7 Å². The van der Waals surface area contributed by atoms with E-state index in [0.29, 0.717) is 13.1 Å². The zero-order valence-corrected chi connectivity index (χ0v) is 17.2. The minimum atomic E-state index is 0. The van der Waals surface area contributed by atoms with Crippen molar-refractivity contribution in [2.24, 2.45) is 4.99 Å². The Kier molecular flexibility index (Phi) is 9.12. The van der Waals surface area contributed by atoms with Crippen molar-refractivity contribution in [1.82, 2.24) is 10.6 Å². The van der Waals surface area contributed by atoms with Crippen LogP contribution in [0.15, 0.2) is 47.5 Å². The number of hydrogen-bond donors (Lipinski definition) is 3. The first kappa shape index (κ1) is 21.1. The molecule has 3 N–H and O–H groups in total. The predicted molar refractivity (Wildman–Crippen MR) is 113 cm³/mol. The summed E-state index contributed by atoms with van der Waals surface area (Å²) in [6, 6.07) is 13.3. The van der Waals surface area contributed by atoms with Gasteiger partial charge < -0.3 is 20.5 Å². The minimum Gasteiger partial charge on any atom is -0.508 e. The van der Waals surface area contributed by atoms with E-state index in [-0.39, 0.29) is 29.7 Å². The molecule has 0 radical (unpaired) electrons. The molecule has 2 aromatic carbocycles. The summed E-state index contributed by atoms with van der Waals surface area (Å²) in [4.78, 5) is 4.56. The van der Waals surface area contributed by atoms with Crippen LogP contribution in [0.4, 0.5) is 0 Å². The third-order valence-electron chi connectivity index (χ3n) is 3.56. The summed E-state index contributed by atoms with van der Waals surface area (Å²) >= 11 is 0. The average Bonchev–Trinajstić information content (AvgIpc) is 2.58. The molecule has 0 amide bonds. The second-order valence-corrected chi connectivity index (χ2v) is 5.53. The molecule has 0 aromatic heterocycles. The number of benzene rings is 2. The topological polar surface area (TPSA) is 65.9 Å². The number of guanidine groups is 1. The number of phenolic OH excluding ortho intramolecular Hbond substituents is 1. The lowest BCUT2D eigenvalue weighted by molar-refractivity contribution is 0.408. The Morgan fingerprint density at radius 2 is 1.96 bits per heavy atom. The molecule has 0 unspecified atom stereocenters. The Morgan fingerprint density at radius 1 is 1.16 bits per heavy atom. The fourth-order valence-corrected chi connectivity index (χ4v) is 2.34. The van der Waals surface area contributed by atoms with Crippen LogP contribution in [0.5, 0.6) is 11.5 Å². The number of aromatic hydroxyl groups is 1. The number of halogens is 1. The van der Waals surface area contributed by atoms with Gasteiger partial charge in [0, 0.05) is 18.7 Å². The van der Waals surface area contributed by atoms with Gasteiger partial charge in [0.1, 0.15) is 11.5 Å². The van der Waals surface area contributed by atoms with Crippen LogP contribution < -0.4 is 15.4 Å². The molecule has 6 heteroatoms. The number of nitrogens with one attached hydrogen (secondary N) is 2. The van der Waals surface area contributed by atoms with E-state index in [2.05, 4.69) is 27.8 Å². The van der Waals surface area contributed by atoms with Crippen LogP contribution in [0.3, 0.4) is 0 Å². The summed E-state index contributed by atoms with van der Waals surface area (Å²) in [5.74, 6) is 1.85. The van der Waals surface area contributed by atoms with Crippen LogP contribution in [-0.2, 0) is 13.1 Å². The van der Waals surface area contributed by atoms with Crippen molar-refractivity contribution in [3.05, 3.63) is 59.2 Å². The van der Waals surface area contributed by atoms with Gasteiger partial charge in [-0.1, -0.05) is 24.3 Å². The van der Waals surface area contributed by atoms with Crippen LogP contribution in [-0.4, -0.2) is 24.7 Å². The summed E-state index contributed by atoms with van der Waals surface area (Å²) in [5.41, 5.74) is 3.20. The predicted octanol–water partition coefficient (Wildman–Crippen LogP) is 3.58. The Balaban J connectivity index is 0.00000312. The van der Waals surface area contributed by atoms with E-state index in [1.165, 1.54) is 5.56 Å². The number of phenols is 1. The number of aryl methyl sites for hydroxylation is 1. The maximum Gasteiger partial charge on any atom is 0.191 e. The molecule has 0 fully saturated rings. The molecule has 0 aliphatic rings. The van der Waals surface area contributed by atoms with Crippen molar-refractivity contribution in [2.45, 2.75) is 26.9 Å². The highest BCUT2D eigenvalue weighted by Crippen LogP contribution is 2.19. The van der Waals surface area contributed by atoms with Crippen molar-refractivity contribution in [3.8, 4) is 11.5 Å². The lowest BCUT2D eigenvalue weighted by atomic mass is 10.1. The van der Waals surface area contributed by atoms with Crippen LogP contribution in [0.25, 0.3) is 0 Å². The molecule has 25 heavy (non-hydrogen) atoms. The zero-order chi connectivity index (χ0) is 17.4. The Bertz CT molecular complexity index is 705. The zero-order valence-electron chi connectivity index (χ0n) is 14.9. The van der Waals surface area contributed by atoms with Crippen LogP contribution in [0.1, 0.15) is 23.6 Å². The van der Waals surface area contributed by atoms with E-state index in [9.17, 15) is 5.11 Å². The first-order valence-corrected chi connectivity index (χ1v) is 8.06. The van der Waals surface area contributed by atoms with E-state index in [4.69, 9.17) is 4.74 Å². The number of aliphatic imine (C=N–C) groups is 1. The van der Waals surface area contributed by atoms with Crippen molar-refractivity contribution in [1.29, 1.82) is 0 Å². The Hall–Kier alpha value is -1.96. The van der Waals surface area contributed by atoms with Gasteiger partial charge in [-0.05, 0) is 43.2 Å². The van der Waals surface area contributed by atoms with E-state index in [1.807, 2.05) is 32.0 Å². The summed E-state index contributed by atoms with van der Waals surface area (Å²) < 4.78 is 5.43. The molecular weight excluding hydrogens is 429 g/mol. The highest BCUT2D eigenvalue weighted by atomic mass is 127. The lowest BCUT2D eigenvalue weighted by Gasteiger charge is -2.14. The summed E-state index contributed by atoms with van der Waals surface area (Å²) in [5, 5.41) is 16.1. The quantitative estimate of drug-likeness (QED) is 0.354. The number of methoxy groups -OCH3 is 1. The molecule has 2 rings (SSSR count). The molecule has 0 heterocycles. The second kappa shape index (κ2) is 10.8. The minimum absolute atomic E-state index is 0. The highest BCUT2D eigenvalue weighted by Gasteiger charge is 2.05. The molecule has 0 saturated heterocycles. The van der Waals surface area contributed by atoms with Gasteiger partial charge in [0.25, 0.3) is 0 Å². The Labute approximate surface area is 166 Å². The second-order valence-electron chi connectivity index (χ2n) is 5.53. The first-order chi connectivity index (χ1) is 11.6. The molecule has 0 saturated carbocycles. The van der Waals surface area contributed by atoms with Gasteiger partial charge in [0.15, 0.2) is 5.96 Å². The maximum absolute atomic E-state index is 9.52. The normalized spacial score (nSPS) is 10.8. The molecular formula is C19H26IN3O2. The van der Waals surface area contributed by atoms with E-state index in [0.717, 1.165) is 29.4 Å². The van der Waals surface area contributed by atoms with Crippen LogP contribution in [0.2, 0.25) is 0 Å². The molecule has 0 atom stereocenters. The largest absolute Gasteiger partial charge is 0.508 e. The van der Waals surface area contributed by atoms with E-state index >= 15 is 0 Å². The molecule has 2 aromatic rings. The number of hydrogen-bond acceptors (Lipinski definition) is 3. The fraction of sp³-hybridized carbons (Fsp3) is 0.316. The number of rotatable bonds is 6. The van der Waals surface area contributed by atoms with E-state index < -0.39 is 0 Å². The molecule has 0 spiro atoms. The summed E-state index contributed by atoms with van der Waals surface area (Å²) in [6.45, 7) is 5.96.